The Balaban J connectivity index is 1.74. The highest BCUT2D eigenvalue weighted by atomic mass is 35.5. The number of carbonyl (C=O) groups is 1. The molecule has 0 bridgehead atoms. The second-order valence-corrected chi connectivity index (χ2v) is 9.50. The van der Waals surface area contributed by atoms with E-state index in [9.17, 15) is 4.79 Å². The van der Waals surface area contributed by atoms with Crippen molar-refractivity contribution < 1.29 is 9.63 Å². The fourth-order valence-corrected chi connectivity index (χ4v) is 4.37. The number of nitrogens with zero attached hydrogens (tertiary/aromatic N) is 1. The van der Waals surface area contributed by atoms with E-state index in [1.807, 2.05) is 42.5 Å². The minimum absolute atomic E-state index is 0.159. The van der Waals surface area contributed by atoms with Crippen LogP contribution in [0.2, 0.25) is 5.02 Å². The van der Waals surface area contributed by atoms with Crippen molar-refractivity contribution in [2.24, 2.45) is 0 Å². The lowest BCUT2D eigenvalue weighted by molar-refractivity contribution is -0.111. The molecule has 0 spiro atoms. The first-order chi connectivity index (χ1) is 16.1. The summed E-state index contributed by atoms with van der Waals surface area (Å²) >= 11 is 12.1. The van der Waals surface area contributed by atoms with E-state index in [2.05, 4.69) is 6.92 Å². The van der Waals surface area contributed by atoms with Gasteiger partial charge in [0.25, 0.3) is 0 Å². The van der Waals surface area contributed by atoms with Gasteiger partial charge < -0.3 is 0 Å². The van der Waals surface area contributed by atoms with E-state index in [-0.39, 0.29) is 6.42 Å². The van der Waals surface area contributed by atoms with Crippen LogP contribution < -0.4 is 5.06 Å². The zero-order valence-corrected chi connectivity index (χ0v) is 21.5. The summed E-state index contributed by atoms with van der Waals surface area (Å²) < 4.78 is 0. The number of rotatable bonds is 18. The Morgan fingerprint density at radius 3 is 1.94 bits per heavy atom. The minimum atomic E-state index is -0.401. The second-order valence-electron chi connectivity index (χ2n) is 8.67. The third kappa shape index (κ3) is 11.4. The molecule has 3 nitrogen and oxygen atoms in total. The van der Waals surface area contributed by atoms with Crippen LogP contribution in [0.15, 0.2) is 48.5 Å². The summed E-state index contributed by atoms with van der Waals surface area (Å²) in [6, 6.07) is 15.4. The molecule has 0 aliphatic heterocycles. The van der Waals surface area contributed by atoms with E-state index in [0.717, 1.165) is 23.4 Å². The monoisotopic (exact) mass is 491 g/mol. The average Bonchev–Trinajstić information content (AvgIpc) is 2.80. The number of anilines is 2. The molecule has 0 saturated carbocycles. The molecule has 0 aliphatic carbocycles. The maximum absolute atomic E-state index is 11.2. The SMILES string of the molecule is CCCCCCCCCCCCCCON(c1ccccc1)c1ccc(CC(=O)Cl)cc1Cl. The Morgan fingerprint density at radius 1 is 0.818 bits per heavy atom. The molecule has 182 valence electrons. The molecule has 0 heterocycles. The Kier molecular flexibility index (Phi) is 14.2. The van der Waals surface area contributed by atoms with Crippen molar-refractivity contribution >= 4 is 39.8 Å². The van der Waals surface area contributed by atoms with Gasteiger partial charge in [-0.25, -0.2) is 5.06 Å². The van der Waals surface area contributed by atoms with Crippen LogP contribution in [-0.4, -0.2) is 11.8 Å². The maximum atomic E-state index is 11.2. The number of hydrogen-bond donors (Lipinski definition) is 0. The number of hydrogen-bond acceptors (Lipinski definition) is 3. The Hall–Kier alpha value is -1.55. The number of unbranched alkanes of at least 4 members (excludes halogenated alkanes) is 11. The molecule has 2 aromatic carbocycles. The standard InChI is InChI=1S/C28H39Cl2NO2/c1-2-3-4-5-6-7-8-9-10-11-12-16-21-33-31(25-17-14-13-15-18-25)27-20-19-24(22-26(27)29)23-28(30)32/h13-15,17-20,22H,2-12,16,21,23H2,1H3. The summed E-state index contributed by atoms with van der Waals surface area (Å²) in [5.74, 6) is 0. The molecule has 2 rings (SSSR count). The van der Waals surface area contributed by atoms with Crippen molar-refractivity contribution in [1.82, 2.24) is 0 Å². The molecular weight excluding hydrogens is 453 g/mol. The van der Waals surface area contributed by atoms with Crippen LogP contribution in [0.4, 0.5) is 11.4 Å². The second kappa shape index (κ2) is 17.0. The van der Waals surface area contributed by atoms with Crippen LogP contribution in [0.3, 0.4) is 0 Å². The van der Waals surface area contributed by atoms with E-state index in [1.165, 1.54) is 70.6 Å². The molecule has 0 aromatic heterocycles. The van der Waals surface area contributed by atoms with E-state index in [4.69, 9.17) is 28.0 Å². The molecule has 0 N–H and O–H groups in total. The highest BCUT2D eigenvalue weighted by Gasteiger charge is 2.15. The zero-order chi connectivity index (χ0) is 23.7. The van der Waals surface area contributed by atoms with Crippen LogP contribution in [0.25, 0.3) is 0 Å². The largest absolute Gasteiger partial charge is 0.281 e. The molecule has 2 aromatic rings. The number of halogens is 2. The summed E-state index contributed by atoms with van der Waals surface area (Å²) in [5, 5.41) is 1.92. The fourth-order valence-electron chi connectivity index (χ4n) is 3.93. The molecule has 0 saturated heterocycles. The quantitative estimate of drug-likeness (QED) is 0.118. The van der Waals surface area contributed by atoms with E-state index in [1.54, 1.807) is 11.1 Å². The smallest absolute Gasteiger partial charge is 0.226 e. The van der Waals surface area contributed by atoms with Crippen LogP contribution in [0.5, 0.6) is 0 Å². The summed E-state index contributed by atoms with van der Waals surface area (Å²) in [6.45, 7) is 2.90. The van der Waals surface area contributed by atoms with Crippen molar-refractivity contribution in [2.75, 3.05) is 11.7 Å². The first-order valence-electron chi connectivity index (χ1n) is 12.6. The topological polar surface area (TPSA) is 29.5 Å². The molecule has 0 radical (unpaired) electrons. The van der Waals surface area contributed by atoms with Gasteiger partial charge in [-0.15, -0.1) is 0 Å². The number of carbonyl (C=O) groups excluding carboxylic acids is 1. The lowest BCUT2D eigenvalue weighted by Crippen LogP contribution is -2.19. The Morgan fingerprint density at radius 2 is 1.39 bits per heavy atom. The van der Waals surface area contributed by atoms with Gasteiger partial charge in [0.2, 0.25) is 5.24 Å². The van der Waals surface area contributed by atoms with Crippen molar-refractivity contribution in [3.63, 3.8) is 0 Å². The molecule has 0 amide bonds. The lowest BCUT2D eigenvalue weighted by Gasteiger charge is -2.25. The predicted octanol–water partition coefficient (Wildman–Crippen LogP) is 9.42. The minimum Gasteiger partial charge on any atom is -0.281 e. The van der Waals surface area contributed by atoms with Crippen LogP contribution in [0, 0.1) is 0 Å². The summed E-state index contributed by atoms with van der Waals surface area (Å²) in [6.07, 6.45) is 15.9. The zero-order valence-electron chi connectivity index (χ0n) is 20.0. The first-order valence-corrected chi connectivity index (χ1v) is 13.3. The highest BCUT2D eigenvalue weighted by Crippen LogP contribution is 2.33. The highest BCUT2D eigenvalue weighted by molar-refractivity contribution is 6.63. The summed E-state index contributed by atoms with van der Waals surface area (Å²) in [7, 11) is 0. The summed E-state index contributed by atoms with van der Waals surface area (Å²) in [5.41, 5.74) is 2.46. The van der Waals surface area contributed by atoms with Crippen molar-refractivity contribution in [3.05, 3.63) is 59.1 Å². The molecule has 5 heteroatoms. The van der Waals surface area contributed by atoms with Gasteiger partial charge in [-0.05, 0) is 47.9 Å². The normalized spacial score (nSPS) is 11.0. The molecule has 0 fully saturated rings. The van der Waals surface area contributed by atoms with Crippen molar-refractivity contribution in [1.29, 1.82) is 0 Å². The van der Waals surface area contributed by atoms with Crippen LogP contribution in [0.1, 0.15) is 89.5 Å². The van der Waals surface area contributed by atoms with E-state index < -0.39 is 5.24 Å². The van der Waals surface area contributed by atoms with Gasteiger partial charge in [0.1, 0.15) is 0 Å². The average molecular weight is 493 g/mol. The van der Waals surface area contributed by atoms with Crippen LogP contribution >= 0.6 is 23.2 Å². The molecule has 0 unspecified atom stereocenters. The van der Waals surface area contributed by atoms with Crippen LogP contribution in [-0.2, 0) is 16.1 Å². The molecule has 0 aliphatic rings. The molecule has 33 heavy (non-hydrogen) atoms. The van der Waals surface area contributed by atoms with Crippen molar-refractivity contribution in [2.45, 2.75) is 90.4 Å². The predicted molar refractivity (Wildman–Crippen MR) is 142 cm³/mol. The maximum Gasteiger partial charge on any atom is 0.226 e. The summed E-state index contributed by atoms with van der Waals surface area (Å²) in [4.78, 5) is 17.4. The lowest BCUT2D eigenvalue weighted by atomic mass is 10.1. The third-order valence-electron chi connectivity index (χ3n) is 5.78. The van der Waals surface area contributed by atoms with E-state index >= 15 is 0 Å². The van der Waals surface area contributed by atoms with Gasteiger partial charge in [0.05, 0.1) is 23.0 Å². The van der Waals surface area contributed by atoms with Crippen molar-refractivity contribution in [3.8, 4) is 0 Å². The number of para-hydroxylation sites is 1. The van der Waals surface area contributed by atoms with Gasteiger partial charge >= 0.3 is 0 Å². The Bertz CT molecular complexity index is 798. The van der Waals surface area contributed by atoms with Gasteiger partial charge in [-0.3, -0.25) is 9.63 Å². The fraction of sp³-hybridized carbons (Fsp3) is 0.536. The first kappa shape index (κ1) is 27.7. The van der Waals surface area contributed by atoms with E-state index in [0.29, 0.717) is 11.6 Å². The van der Waals surface area contributed by atoms with Gasteiger partial charge in [-0.1, -0.05) is 113 Å². The number of benzene rings is 2. The molecular formula is C28H39Cl2NO2. The third-order valence-corrected chi connectivity index (χ3v) is 6.22. The van der Waals surface area contributed by atoms with Gasteiger partial charge in [-0.2, -0.15) is 0 Å². The van der Waals surface area contributed by atoms with Gasteiger partial charge in [0.15, 0.2) is 0 Å². The molecule has 0 atom stereocenters. The van der Waals surface area contributed by atoms with Gasteiger partial charge in [0, 0.05) is 6.42 Å². The Labute approximate surface area is 210 Å².